The zero-order valence-corrected chi connectivity index (χ0v) is 9.97. The lowest BCUT2D eigenvalue weighted by atomic mass is 9.70. The molecule has 1 aliphatic rings. The van der Waals surface area contributed by atoms with E-state index in [2.05, 4.69) is 11.9 Å². The molecule has 0 fully saturated rings. The average molecular weight is 211 g/mol. The molecule has 1 aliphatic heterocycles. The van der Waals surface area contributed by atoms with Crippen LogP contribution in [0.2, 0.25) is 0 Å². The molecule has 0 amide bonds. The van der Waals surface area contributed by atoms with Gasteiger partial charge in [0.05, 0.1) is 0 Å². The average Bonchev–Trinajstić information content (AvgIpc) is 2.27. The summed E-state index contributed by atoms with van der Waals surface area (Å²) in [4.78, 5) is 4.62. The first-order chi connectivity index (χ1) is 7.25. The van der Waals surface area contributed by atoms with E-state index in [4.69, 9.17) is 11.5 Å². The highest BCUT2D eigenvalue weighted by molar-refractivity contribution is 5.88. The van der Waals surface area contributed by atoms with E-state index in [1.165, 1.54) is 31.4 Å². The first-order valence-corrected chi connectivity index (χ1v) is 6.17. The number of hydrogen-bond donors (Lipinski definition) is 2. The zero-order valence-electron chi connectivity index (χ0n) is 9.97. The van der Waals surface area contributed by atoms with Gasteiger partial charge < -0.3 is 11.5 Å². The molecule has 0 bridgehead atoms. The SMILES string of the molecule is CC1=NCCCC1(CCCN)CCCN. The highest BCUT2D eigenvalue weighted by Gasteiger charge is 2.33. The third kappa shape index (κ3) is 3.28. The van der Waals surface area contributed by atoms with Gasteiger partial charge in [0.15, 0.2) is 0 Å². The molecule has 0 aliphatic carbocycles. The molecule has 0 atom stereocenters. The van der Waals surface area contributed by atoms with E-state index in [-0.39, 0.29) is 0 Å². The van der Waals surface area contributed by atoms with Gasteiger partial charge in [0.25, 0.3) is 0 Å². The van der Waals surface area contributed by atoms with Crippen LogP contribution in [0.25, 0.3) is 0 Å². The van der Waals surface area contributed by atoms with Crippen molar-refractivity contribution in [1.82, 2.24) is 0 Å². The largest absolute Gasteiger partial charge is 0.330 e. The molecule has 1 heterocycles. The Labute approximate surface area is 93.3 Å². The first-order valence-electron chi connectivity index (χ1n) is 6.17. The number of nitrogens with two attached hydrogens (primary N) is 2. The summed E-state index contributed by atoms with van der Waals surface area (Å²) in [5, 5.41) is 0. The predicted molar refractivity (Wildman–Crippen MR) is 66.2 cm³/mol. The predicted octanol–water partition coefficient (Wildman–Crippen LogP) is 1.71. The topological polar surface area (TPSA) is 64.4 Å². The summed E-state index contributed by atoms with van der Waals surface area (Å²) in [6.45, 7) is 4.78. The van der Waals surface area contributed by atoms with E-state index in [1.54, 1.807) is 0 Å². The van der Waals surface area contributed by atoms with Crippen molar-refractivity contribution >= 4 is 5.71 Å². The molecular formula is C12H25N3. The van der Waals surface area contributed by atoms with Gasteiger partial charge in [0.2, 0.25) is 0 Å². The molecule has 1 rings (SSSR count). The van der Waals surface area contributed by atoms with Crippen LogP contribution in [0, 0.1) is 5.41 Å². The van der Waals surface area contributed by atoms with Gasteiger partial charge in [-0.15, -0.1) is 0 Å². The normalized spacial score (nSPS) is 20.1. The van der Waals surface area contributed by atoms with Crippen molar-refractivity contribution in [2.75, 3.05) is 19.6 Å². The van der Waals surface area contributed by atoms with Gasteiger partial charge in [-0.1, -0.05) is 0 Å². The van der Waals surface area contributed by atoms with Crippen molar-refractivity contribution < 1.29 is 0 Å². The lowest BCUT2D eigenvalue weighted by molar-refractivity contribution is 0.296. The Morgan fingerprint density at radius 3 is 2.27 bits per heavy atom. The minimum Gasteiger partial charge on any atom is -0.330 e. The Hall–Kier alpha value is -0.410. The van der Waals surface area contributed by atoms with Crippen LogP contribution in [0.5, 0.6) is 0 Å². The second-order valence-electron chi connectivity index (χ2n) is 4.64. The van der Waals surface area contributed by atoms with Gasteiger partial charge in [0.1, 0.15) is 0 Å². The van der Waals surface area contributed by atoms with Crippen LogP contribution >= 0.6 is 0 Å². The number of nitrogens with zero attached hydrogens (tertiary/aromatic N) is 1. The molecule has 3 heteroatoms. The molecule has 0 saturated heterocycles. The quantitative estimate of drug-likeness (QED) is 0.702. The highest BCUT2D eigenvalue weighted by atomic mass is 14.8. The van der Waals surface area contributed by atoms with Crippen LogP contribution in [0.3, 0.4) is 0 Å². The van der Waals surface area contributed by atoms with E-state index in [9.17, 15) is 0 Å². The summed E-state index contributed by atoms with van der Waals surface area (Å²) < 4.78 is 0. The van der Waals surface area contributed by atoms with Gasteiger partial charge >= 0.3 is 0 Å². The van der Waals surface area contributed by atoms with Gasteiger partial charge in [0, 0.05) is 17.7 Å². The summed E-state index contributed by atoms with van der Waals surface area (Å²) >= 11 is 0. The highest BCUT2D eigenvalue weighted by Crippen LogP contribution is 2.38. The molecule has 0 saturated carbocycles. The third-order valence-electron chi connectivity index (χ3n) is 3.65. The number of aliphatic imine (C=N–C) groups is 1. The molecule has 0 spiro atoms. The van der Waals surface area contributed by atoms with Crippen molar-refractivity contribution in [3.63, 3.8) is 0 Å². The van der Waals surface area contributed by atoms with Gasteiger partial charge in [-0.05, 0) is 58.5 Å². The molecule has 0 aromatic rings. The molecule has 15 heavy (non-hydrogen) atoms. The summed E-state index contributed by atoms with van der Waals surface area (Å²) in [6, 6.07) is 0. The maximum Gasteiger partial charge on any atom is 0.0389 e. The monoisotopic (exact) mass is 211 g/mol. The first kappa shape index (κ1) is 12.7. The van der Waals surface area contributed by atoms with Crippen LogP contribution in [0.4, 0.5) is 0 Å². The minimum absolute atomic E-state index is 0.330. The second kappa shape index (κ2) is 6.23. The Morgan fingerprint density at radius 2 is 1.80 bits per heavy atom. The van der Waals surface area contributed by atoms with Gasteiger partial charge in [-0.2, -0.15) is 0 Å². The van der Waals surface area contributed by atoms with Crippen molar-refractivity contribution in [3.05, 3.63) is 0 Å². The maximum atomic E-state index is 5.61. The number of hydrogen-bond acceptors (Lipinski definition) is 3. The van der Waals surface area contributed by atoms with Crippen molar-refractivity contribution in [1.29, 1.82) is 0 Å². The Bertz CT molecular complexity index is 203. The molecule has 0 unspecified atom stereocenters. The van der Waals surface area contributed by atoms with E-state index in [0.717, 1.165) is 32.5 Å². The van der Waals surface area contributed by atoms with Crippen molar-refractivity contribution in [2.45, 2.75) is 45.4 Å². The fraction of sp³-hybridized carbons (Fsp3) is 0.917. The van der Waals surface area contributed by atoms with Crippen LogP contribution in [0.1, 0.15) is 45.4 Å². The zero-order chi connectivity index (χ0) is 11.1. The smallest absolute Gasteiger partial charge is 0.0389 e. The van der Waals surface area contributed by atoms with Crippen LogP contribution < -0.4 is 11.5 Å². The Balaban J connectivity index is 2.65. The van der Waals surface area contributed by atoms with E-state index in [0.29, 0.717) is 5.41 Å². The van der Waals surface area contributed by atoms with Gasteiger partial charge in [-0.3, -0.25) is 4.99 Å². The van der Waals surface area contributed by atoms with Crippen LogP contribution in [-0.4, -0.2) is 25.3 Å². The van der Waals surface area contributed by atoms with E-state index < -0.39 is 0 Å². The molecular weight excluding hydrogens is 186 g/mol. The van der Waals surface area contributed by atoms with Crippen molar-refractivity contribution in [3.8, 4) is 0 Å². The molecule has 3 nitrogen and oxygen atoms in total. The lowest BCUT2D eigenvalue weighted by Gasteiger charge is -2.37. The fourth-order valence-electron chi connectivity index (χ4n) is 2.63. The Morgan fingerprint density at radius 1 is 1.20 bits per heavy atom. The molecule has 88 valence electrons. The summed E-state index contributed by atoms with van der Waals surface area (Å²) in [5.74, 6) is 0. The van der Waals surface area contributed by atoms with E-state index in [1.807, 2.05) is 0 Å². The van der Waals surface area contributed by atoms with Crippen molar-refractivity contribution in [2.24, 2.45) is 21.9 Å². The van der Waals surface area contributed by atoms with Crippen LogP contribution in [0.15, 0.2) is 4.99 Å². The van der Waals surface area contributed by atoms with E-state index >= 15 is 0 Å². The standard InChI is InChI=1S/C12H25N3/c1-11-12(5-2-8-13,6-3-9-14)7-4-10-15-11/h2-10,13-14H2,1H3. The molecule has 0 aromatic carbocycles. The molecule has 4 N–H and O–H groups in total. The second-order valence-corrected chi connectivity index (χ2v) is 4.64. The van der Waals surface area contributed by atoms with Crippen LogP contribution in [-0.2, 0) is 0 Å². The summed E-state index contributed by atoms with van der Waals surface area (Å²) in [6.07, 6.45) is 7.11. The molecule has 0 radical (unpaired) electrons. The summed E-state index contributed by atoms with van der Waals surface area (Å²) in [5.41, 5.74) is 12.9. The summed E-state index contributed by atoms with van der Waals surface area (Å²) in [7, 11) is 0. The number of rotatable bonds is 6. The maximum absolute atomic E-state index is 5.61. The molecule has 0 aromatic heterocycles. The minimum atomic E-state index is 0.330. The Kier molecular flexibility index (Phi) is 5.26. The third-order valence-corrected chi connectivity index (χ3v) is 3.65. The lowest BCUT2D eigenvalue weighted by Crippen LogP contribution is -2.34. The van der Waals surface area contributed by atoms with Gasteiger partial charge in [-0.25, -0.2) is 0 Å². The fourth-order valence-corrected chi connectivity index (χ4v) is 2.63.